The van der Waals surface area contributed by atoms with Gasteiger partial charge in [0, 0.05) is 33.0 Å². The van der Waals surface area contributed by atoms with Gasteiger partial charge in [0.25, 0.3) is 0 Å². The molecule has 4 heteroatoms. The fourth-order valence-electron chi connectivity index (χ4n) is 9.09. The van der Waals surface area contributed by atoms with E-state index < -0.39 is 0 Å². The van der Waals surface area contributed by atoms with Crippen LogP contribution < -0.4 is 0 Å². The first kappa shape index (κ1) is 38.0. The van der Waals surface area contributed by atoms with Crippen molar-refractivity contribution in [2.45, 2.75) is 0 Å². The lowest BCUT2D eigenvalue weighted by Crippen LogP contribution is -2.00. The van der Waals surface area contributed by atoms with Crippen LogP contribution in [-0.4, -0.2) is 15.0 Å². The zero-order valence-electron chi connectivity index (χ0n) is 35.3. The third-order valence-corrected chi connectivity index (χ3v) is 12.4. The molecule has 0 bridgehead atoms. The Labute approximate surface area is 376 Å². The molecule has 65 heavy (non-hydrogen) atoms. The summed E-state index contributed by atoms with van der Waals surface area (Å²) in [4.78, 5) is 15.7. The molecule has 0 N–H and O–H groups in total. The smallest absolute Gasteiger partial charge is 0.164 e. The summed E-state index contributed by atoms with van der Waals surface area (Å²) < 4.78 is 6.79. The van der Waals surface area contributed by atoms with E-state index in [4.69, 9.17) is 19.4 Å². The molecule has 0 unspecified atom stereocenters. The van der Waals surface area contributed by atoms with Crippen molar-refractivity contribution >= 4 is 32.7 Å². The lowest BCUT2D eigenvalue weighted by Gasteiger charge is -2.11. The predicted octanol–water partition coefficient (Wildman–Crippen LogP) is 16.3. The van der Waals surface area contributed by atoms with Crippen molar-refractivity contribution in [2.24, 2.45) is 0 Å². The Morgan fingerprint density at radius 1 is 0.262 bits per heavy atom. The van der Waals surface area contributed by atoms with Crippen LogP contribution >= 0.6 is 0 Å². The topological polar surface area (TPSA) is 51.8 Å². The zero-order chi connectivity index (χ0) is 43.1. The van der Waals surface area contributed by atoms with Gasteiger partial charge in [-0.05, 0) is 73.0 Å². The average molecular weight is 830 g/mol. The van der Waals surface area contributed by atoms with E-state index in [0.717, 1.165) is 72.0 Å². The van der Waals surface area contributed by atoms with Gasteiger partial charge in [-0.25, -0.2) is 15.0 Å². The highest BCUT2D eigenvalue weighted by molar-refractivity contribution is 6.15. The summed E-state index contributed by atoms with van der Waals surface area (Å²) in [6.45, 7) is 0. The van der Waals surface area contributed by atoms with Crippen LogP contribution in [0.4, 0.5) is 0 Å². The molecule has 0 fully saturated rings. The van der Waals surface area contributed by atoms with E-state index in [9.17, 15) is 0 Å². The highest BCUT2D eigenvalue weighted by Gasteiger charge is 2.20. The van der Waals surface area contributed by atoms with Gasteiger partial charge in [-0.1, -0.05) is 224 Å². The SMILES string of the molecule is c1ccc(-c2ccc(-c3cccc(-c4nc(-c5ccc(-c6ccccc6)cc5)nc(-c5cccc6oc7c(-c8ccc(-c9cccc%10ccccc9%10)cc8)cccc7c56)n4)c3)cc2)cc1. The number of hydrogen-bond donors (Lipinski definition) is 0. The molecule has 0 radical (unpaired) electrons. The molecule has 2 heterocycles. The molecule has 12 aromatic rings. The first-order valence-electron chi connectivity index (χ1n) is 21.9. The number of rotatable bonds is 8. The fraction of sp³-hybridized carbons (Fsp3) is 0. The molecule has 0 aliphatic heterocycles. The van der Waals surface area contributed by atoms with Crippen LogP contribution in [0.5, 0.6) is 0 Å². The molecule has 2 aromatic heterocycles. The maximum atomic E-state index is 6.79. The molecule has 304 valence electrons. The van der Waals surface area contributed by atoms with E-state index in [1.54, 1.807) is 0 Å². The number of fused-ring (bicyclic) bond motifs is 4. The molecule has 0 aliphatic rings. The summed E-state index contributed by atoms with van der Waals surface area (Å²) in [5.41, 5.74) is 15.6. The van der Waals surface area contributed by atoms with Crippen molar-refractivity contribution in [3.8, 4) is 89.8 Å². The van der Waals surface area contributed by atoms with Crippen LogP contribution in [0.2, 0.25) is 0 Å². The number of furan rings is 1. The molecule has 0 saturated heterocycles. The van der Waals surface area contributed by atoms with Gasteiger partial charge in [-0.15, -0.1) is 0 Å². The fourth-order valence-corrected chi connectivity index (χ4v) is 9.09. The maximum absolute atomic E-state index is 6.79. The number of para-hydroxylation sites is 1. The molecular formula is C61H39N3O. The van der Waals surface area contributed by atoms with Crippen molar-refractivity contribution in [2.75, 3.05) is 0 Å². The van der Waals surface area contributed by atoms with Crippen LogP contribution in [0.3, 0.4) is 0 Å². The Hall–Kier alpha value is -8.73. The average Bonchev–Trinajstić information content (AvgIpc) is 3.79. The van der Waals surface area contributed by atoms with Gasteiger partial charge in [0.2, 0.25) is 0 Å². The molecule has 0 amide bonds. The highest BCUT2D eigenvalue weighted by atomic mass is 16.3. The Morgan fingerprint density at radius 2 is 0.692 bits per heavy atom. The van der Waals surface area contributed by atoms with Gasteiger partial charge in [0.1, 0.15) is 11.2 Å². The third-order valence-electron chi connectivity index (χ3n) is 12.4. The summed E-state index contributed by atoms with van der Waals surface area (Å²) in [5.74, 6) is 1.77. The van der Waals surface area contributed by atoms with Gasteiger partial charge in [0.15, 0.2) is 17.5 Å². The summed E-state index contributed by atoms with van der Waals surface area (Å²) >= 11 is 0. The second-order valence-corrected chi connectivity index (χ2v) is 16.3. The van der Waals surface area contributed by atoms with Gasteiger partial charge >= 0.3 is 0 Å². The summed E-state index contributed by atoms with van der Waals surface area (Å²) in [6, 6.07) is 82.9. The largest absolute Gasteiger partial charge is 0.455 e. The number of hydrogen-bond acceptors (Lipinski definition) is 4. The van der Waals surface area contributed by atoms with Crippen LogP contribution in [-0.2, 0) is 0 Å². The Morgan fingerprint density at radius 3 is 1.40 bits per heavy atom. The van der Waals surface area contributed by atoms with Crippen LogP contribution in [0.15, 0.2) is 241 Å². The van der Waals surface area contributed by atoms with Crippen molar-refractivity contribution < 1.29 is 4.42 Å². The van der Waals surface area contributed by atoms with E-state index in [2.05, 4.69) is 212 Å². The minimum atomic E-state index is 0.577. The monoisotopic (exact) mass is 829 g/mol. The van der Waals surface area contributed by atoms with Gasteiger partial charge in [-0.2, -0.15) is 0 Å². The summed E-state index contributed by atoms with van der Waals surface area (Å²) in [6.07, 6.45) is 0. The summed E-state index contributed by atoms with van der Waals surface area (Å²) in [5, 5.41) is 4.44. The number of benzene rings is 10. The normalized spacial score (nSPS) is 11.4. The predicted molar refractivity (Wildman–Crippen MR) is 268 cm³/mol. The van der Waals surface area contributed by atoms with Crippen molar-refractivity contribution in [3.05, 3.63) is 237 Å². The molecule has 10 aromatic carbocycles. The first-order chi connectivity index (χ1) is 32.2. The van der Waals surface area contributed by atoms with E-state index >= 15 is 0 Å². The van der Waals surface area contributed by atoms with Crippen LogP contribution in [0.25, 0.3) is 123 Å². The van der Waals surface area contributed by atoms with Gasteiger partial charge in [-0.3, -0.25) is 0 Å². The first-order valence-corrected chi connectivity index (χ1v) is 21.9. The second kappa shape index (κ2) is 16.2. The Bertz CT molecular complexity index is 3670. The minimum Gasteiger partial charge on any atom is -0.455 e. The lowest BCUT2D eigenvalue weighted by atomic mass is 9.95. The van der Waals surface area contributed by atoms with Crippen LogP contribution in [0, 0.1) is 0 Å². The molecular weight excluding hydrogens is 791 g/mol. The van der Waals surface area contributed by atoms with E-state index in [1.807, 2.05) is 24.3 Å². The zero-order valence-corrected chi connectivity index (χ0v) is 35.3. The number of nitrogens with zero attached hydrogens (tertiary/aromatic N) is 3. The standard InChI is InChI=1S/C61H39N3O/c1-3-13-40(14-4-1)42-27-29-44(30-28-42)49-19-9-20-50(39-49)60-62-59(48-37-31-43(32-38-48)41-15-5-2-6-16-41)63-61(64-60)55-25-12-26-56-57(55)54-24-11-23-53(58(54)65-56)47-35-33-46(34-36-47)52-22-10-18-45-17-7-8-21-51(45)52/h1-39H. The molecule has 0 aliphatic carbocycles. The van der Waals surface area contributed by atoms with E-state index in [0.29, 0.717) is 17.5 Å². The minimum absolute atomic E-state index is 0.577. The molecule has 4 nitrogen and oxygen atoms in total. The third kappa shape index (κ3) is 7.13. The lowest BCUT2D eigenvalue weighted by molar-refractivity contribution is 0.670. The summed E-state index contributed by atoms with van der Waals surface area (Å²) in [7, 11) is 0. The van der Waals surface area contributed by atoms with Gasteiger partial charge < -0.3 is 4.42 Å². The second-order valence-electron chi connectivity index (χ2n) is 16.3. The molecule has 0 spiro atoms. The van der Waals surface area contributed by atoms with Crippen molar-refractivity contribution in [1.82, 2.24) is 15.0 Å². The van der Waals surface area contributed by atoms with Crippen molar-refractivity contribution in [3.63, 3.8) is 0 Å². The Balaban J connectivity index is 0.966. The molecule has 12 rings (SSSR count). The van der Waals surface area contributed by atoms with E-state index in [-0.39, 0.29) is 0 Å². The molecule has 0 saturated carbocycles. The number of aromatic nitrogens is 3. The van der Waals surface area contributed by atoms with Gasteiger partial charge in [0.05, 0.1) is 0 Å². The van der Waals surface area contributed by atoms with Crippen molar-refractivity contribution in [1.29, 1.82) is 0 Å². The van der Waals surface area contributed by atoms with E-state index in [1.165, 1.54) is 33.0 Å². The molecule has 0 atom stereocenters. The van der Waals surface area contributed by atoms with Crippen LogP contribution in [0.1, 0.15) is 0 Å². The maximum Gasteiger partial charge on any atom is 0.164 e. The quantitative estimate of drug-likeness (QED) is 0.153. The Kier molecular flexibility index (Phi) is 9.46. The highest BCUT2D eigenvalue weighted by Crippen LogP contribution is 2.41.